The summed E-state index contributed by atoms with van der Waals surface area (Å²) in [5.74, 6) is -1.26. The summed E-state index contributed by atoms with van der Waals surface area (Å²) in [6.45, 7) is 0. The Morgan fingerprint density at radius 1 is 0.956 bits per heavy atom. The third-order valence-corrected chi connectivity index (χ3v) is 6.33. The molecule has 0 amide bonds. The molecule has 3 aromatic carbocycles. The molecular formula is C31H23F2N5O6S. The van der Waals surface area contributed by atoms with Gasteiger partial charge in [0.25, 0.3) is 15.7 Å². The van der Waals surface area contributed by atoms with Crippen LogP contribution in [0.5, 0.6) is 11.5 Å². The van der Waals surface area contributed by atoms with E-state index < -0.39 is 33.1 Å². The van der Waals surface area contributed by atoms with Crippen LogP contribution in [-0.2, 0) is 16.5 Å². The first-order valence-corrected chi connectivity index (χ1v) is 14.9. The highest BCUT2D eigenvalue weighted by atomic mass is 32.2. The molecule has 0 bridgehead atoms. The van der Waals surface area contributed by atoms with E-state index in [-0.39, 0.29) is 17.7 Å². The summed E-state index contributed by atoms with van der Waals surface area (Å²) < 4.78 is 61.4. The molecule has 0 aliphatic carbocycles. The van der Waals surface area contributed by atoms with Crippen LogP contribution in [0.4, 0.5) is 8.78 Å². The van der Waals surface area contributed by atoms with Crippen LogP contribution in [0.1, 0.15) is 15.9 Å². The third kappa shape index (κ3) is 7.68. The molecule has 0 saturated carbocycles. The Bertz CT molecular complexity index is 2160. The first kappa shape index (κ1) is 30.8. The molecule has 2 N–H and O–H groups in total. The highest BCUT2D eigenvalue weighted by molar-refractivity contribution is 7.85. The topological polar surface area (TPSA) is 157 Å². The van der Waals surface area contributed by atoms with Crippen molar-refractivity contribution < 1.29 is 31.3 Å². The first-order valence-electron chi connectivity index (χ1n) is 13.1. The minimum absolute atomic E-state index is 0.0306. The molecule has 3 heterocycles. The van der Waals surface area contributed by atoms with Crippen molar-refractivity contribution in [3.05, 3.63) is 131 Å². The zero-order valence-corrected chi connectivity index (χ0v) is 24.2. The number of aromatic amines is 1. The van der Waals surface area contributed by atoms with Crippen LogP contribution in [0.15, 0.2) is 102 Å². The Morgan fingerprint density at radius 2 is 1.67 bits per heavy atom. The van der Waals surface area contributed by atoms with Crippen molar-refractivity contribution >= 4 is 26.8 Å². The van der Waals surface area contributed by atoms with Crippen molar-refractivity contribution in [3.63, 3.8) is 0 Å². The number of nitrogens with zero attached hydrogens (tertiary/aromatic N) is 4. The number of ketones is 1. The average Bonchev–Trinajstić information content (AvgIpc) is 3.46. The van der Waals surface area contributed by atoms with Crippen molar-refractivity contribution in [2.24, 2.45) is 0 Å². The molecule has 0 aliphatic heterocycles. The average molecular weight is 632 g/mol. The van der Waals surface area contributed by atoms with E-state index in [0.29, 0.717) is 28.8 Å². The minimum Gasteiger partial charge on any atom is -0.454 e. The van der Waals surface area contributed by atoms with E-state index in [0.717, 1.165) is 21.1 Å². The molecule has 11 nitrogen and oxygen atoms in total. The third-order valence-electron chi connectivity index (χ3n) is 6.33. The molecule has 45 heavy (non-hydrogen) atoms. The van der Waals surface area contributed by atoms with Gasteiger partial charge in [0.05, 0.1) is 29.2 Å². The van der Waals surface area contributed by atoms with E-state index in [1.165, 1.54) is 48.7 Å². The largest absolute Gasteiger partial charge is 0.454 e. The van der Waals surface area contributed by atoms with Crippen LogP contribution in [-0.4, -0.2) is 50.0 Å². The molecule has 0 unspecified atom stereocenters. The summed E-state index contributed by atoms with van der Waals surface area (Å²) in [6.07, 6.45) is 6.76. The molecule has 0 aliphatic rings. The molecule has 0 saturated heterocycles. The fourth-order valence-corrected chi connectivity index (χ4v) is 4.34. The summed E-state index contributed by atoms with van der Waals surface area (Å²) in [7, 11) is -3.67. The Balaban J connectivity index is 0.000000743. The number of carbonyl (C=O) groups is 1. The SMILES string of the molecule is CS(=O)(=O)O.O=C(Cc1ccc(Oc2cc3cn[nH]c3cc2-c2ccncc2)c(F)c1)c1ccnn(-c2ccc(F)cc2)c1=O. The Hall–Kier alpha value is -5.60. The molecule has 0 radical (unpaired) electrons. The molecule has 14 heteroatoms. The van der Waals surface area contributed by atoms with Gasteiger partial charge < -0.3 is 4.74 Å². The predicted octanol–water partition coefficient (Wildman–Crippen LogP) is 5.17. The number of hydrogen-bond acceptors (Lipinski definition) is 8. The summed E-state index contributed by atoms with van der Waals surface area (Å²) in [4.78, 5) is 30.0. The lowest BCUT2D eigenvalue weighted by Crippen LogP contribution is -2.27. The van der Waals surface area contributed by atoms with Gasteiger partial charge in [-0.15, -0.1) is 0 Å². The molecule has 0 spiro atoms. The van der Waals surface area contributed by atoms with E-state index in [2.05, 4.69) is 20.3 Å². The van der Waals surface area contributed by atoms with Crippen molar-refractivity contribution in [1.82, 2.24) is 25.0 Å². The van der Waals surface area contributed by atoms with Crippen LogP contribution in [0, 0.1) is 11.6 Å². The second-order valence-corrected chi connectivity index (χ2v) is 11.1. The van der Waals surface area contributed by atoms with Gasteiger partial charge >= 0.3 is 0 Å². The van der Waals surface area contributed by atoms with Crippen molar-refractivity contribution in [3.8, 4) is 28.3 Å². The molecule has 3 aromatic heterocycles. The lowest BCUT2D eigenvalue weighted by atomic mass is 10.0. The van der Waals surface area contributed by atoms with Crippen LogP contribution in [0.2, 0.25) is 0 Å². The van der Waals surface area contributed by atoms with Crippen LogP contribution in [0.25, 0.3) is 27.7 Å². The molecule has 6 rings (SSSR count). The highest BCUT2D eigenvalue weighted by Gasteiger charge is 2.17. The Labute approximate surface area is 254 Å². The van der Waals surface area contributed by atoms with Gasteiger partial charge in [-0.25, -0.2) is 8.78 Å². The van der Waals surface area contributed by atoms with Gasteiger partial charge in [0, 0.05) is 36.0 Å². The van der Waals surface area contributed by atoms with Crippen molar-refractivity contribution in [1.29, 1.82) is 0 Å². The van der Waals surface area contributed by atoms with Gasteiger partial charge in [0.2, 0.25) is 0 Å². The number of halogens is 2. The van der Waals surface area contributed by atoms with Gasteiger partial charge in [0.15, 0.2) is 17.3 Å². The zero-order valence-electron chi connectivity index (χ0n) is 23.4. The number of hydrogen-bond donors (Lipinski definition) is 2. The standard InChI is InChI=1S/C30H19F2N5O3.CH4O3S/c31-21-2-4-22(5-3-21)37-30(39)23(9-12-35-37)27(38)14-18-1-6-28(25(32)13-18)40-29-15-20-17-34-36-26(20)16-24(29)19-7-10-33-11-8-19;1-5(2,3)4/h1-13,15-17H,14H2,(H,34,36);1H3,(H,2,3,4). The molecule has 228 valence electrons. The minimum atomic E-state index is -3.67. The van der Waals surface area contributed by atoms with Gasteiger partial charge in [-0.05, 0) is 77.9 Å². The van der Waals surface area contributed by atoms with Crippen molar-refractivity contribution in [2.75, 3.05) is 6.26 Å². The van der Waals surface area contributed by atoms with Gasteiger partial charge in [-0.1, -0.05) is 6.07 Å². The number of ether oxygens (including phenoxy) is 1. The second-order valence-electron chi connectivity index (χ2n) is 9.68. The van der Waals surface area contributed by atoms with Crippen molar-refractivity contribution in [2.45, 2.75) is 6.42 Å². The van der Waals surface area contributed by atoms with Gasteiger partial charge in [-0.3, -0.25) is 24.2 Å². The number of nitrogens with one attached hydrogen (secondary N) is 1. The van der Waals surface area contributed by atoms with Crippen LogP contribution in [0.3, 0.4) is 0 Å². The van der Waals surface area contributed by atoms with Crippen LogP contribution >= 0.6 is 0 Å². The smallest absolute Gasteiger partial charge is 0.282 e. The summed E-state index contributed by atoms with van der Waals surface area (Å²) >= 11 is 0. The molecular weight excluding hydrogens is 608 g/mol. The fraction of sp³-hybridized carbons (Fsp3) is 0.0645. The summed E-state index contributed by atoms with van der Waals surface area (Å²) in [6, 6.07) is 17.9. The normalized spacial score (nSPS) is 11.1. The second kappa shape index (κ2) is 13.0. The predicted molar refractivity (Wildman–Crippen MR) is 161 cm³/mol. The quantitative estimate of drug-likeness (QED) is 0.179. The number of carbonyl (C=O) groups excluding carboxylic acids is 1. The maximum absolute atomic E-state index is 15.2. The number of aromatic nitrogens is 5. The fourth-order valence-electron chi connectivity index (χ4n) is 4.34. The van der Waals surface area contributed by atoms with E-state index in [1.807, 2.05) is 18.2 Å². The monoisotopic (exact) mass is 631 g/mol. The number of benzene rings is 3. The number of fused-ring (bicyclic) bond motifs is 1. The van der Waals surface area contributed by atoms with E-state index in [4.69, 9.17) is 9.29 Å². The summed E-state index contributed by atoms with van der Waals surface area (Å²) in [5.41, 5.74) is 2.24. The number of pyridine rings is 1. The van der Waals surface area contributed by atoms with Gasteiger partial charge in [-0.2, -0.15) is 23.3 Å². The first-order chi connectivity index (χ1) is 21.5. The Morgan fingerprint density at radius 3 is 2.36 bits per heavy atom. The van der Waals surface area contributed by atoms with E-state index in [1.54, 1.807) is 30.7 Å². The summed E-state index contributed by atoms with van der Waals surface area (Å²) in [5, 5.41) is 11.7. The lowest BCUT2D eigenvalue weighted by molar-refractivity contribution is 0.0990. The van der Waals surface area contributed by atoms with Gasteiger partial charge in [0.1, 0.15) is 11.6 Å². The van der Waals surface area contributed by atoms with E-state index in [9.17, 15) is 22.4 Å². The van der Waals surface area contributed by atoms with Crippen LogP contribution < -0.4 is 10.3 Å². The number of H-pyrrole nitrogens is 1. The zero-order chi connectivity index (χ0) is 32.1. The lowest BCUT2D eigenvalue weighted by Gasteiger charge is -2.13. The van der Waals surface area contributed by atoms with E-state index >= 15 is 4.39 Å². The number of Topliss-reactive ketones (excluding diaryl/α,β-unsaturated/α-hetero) is 1. The Kier molecular flexibility index (Phi) is 8.88. The molecule has 0 atom stereocenters. The molecule has 0 fully saturated rings. The number of rotatable bonds is 7. The highest BCUT2D eigenvalue weighted by Crippen LogP contribution is 2.37. The maximum Gasteiger partial charge on any atom is 0.282 e. The molecule has 6 aromatic rings. The maximum atomic E-state index is 15.2.